The SMILES string of the molecule is O=C(O)c1csc2c(=O)[nH]c(NC(=O)C(F)(F)F)nc12. The van der Waals surface area contributed by atoms with Gasteiger partial charge in [0.25, 0.3) is 5.56 Å². The van der Waals surface area contributed by atoms with Gasteiger partial charge in [0.05, 0.1) is 5.56 Å². The van der Waals surface area contributed by atoms with Crippen LogP contribution >= 0.6 is 11.3 Å². The number of carbonyl (C=O) groups excluding carboxylic acids is 1. The van der Waals surface area contributed by atoms with Crippen LogP contribution in [0, 0.1) is 0 Å². The van der Waals surface area contributed by atoms with Crippen LogP contribution in [0.2, 0.25) is 0 Å². The lowest BCUT2D eigenvalue weighted by Gasteiger charge is -2.06. The third-order valence-corrected chi connectivity index (χ3v) is 3.11. The molecule has 106 valence electrons. The molecule has 0 atom stereocenters. The molecular weight excluding hydrogens is 303 g/mol. The summed E-state index contributed by atoms with van der Waals surface area (Å²) >= 11 is 0.780. The Morgan fingerprint density at radius 2 is 2.05 bits per heavy atom. The average molecular weight is 307 g/mol. The highest BCUT2D eigenvalue weighted by Gasteiger charge is 2.39. The van der Waals surface area contributed by atoms with Crippen molar-refractivity contribution in [3.63, 3.8) is 0 Å². The Morgan fingerprint density at radius 1 is 1.40 bits per heavy atom. The largest absolute Gasteiger partial charge is 0.478 e. The van der Waals surface area contributed by atoms with Crippen molar-refractivity contribution in [2.24, 2.45) is 0 Å². The molecule has 0 spiro atoms. The molecular formula is C9H4F3N3O4S. The van der Waals surface area contributed by atoms with E-state index in [2.05, 4.69) is 4.98 Å². The second-order valence-corrected chi connectivity index (χ2v) is 4.38. The van der Waals surface area contributed by atoms with Gasteiger partial charge in [0, 0.05) is 5.38 Å². The number of aromatic nitrogens is 2. The van der Waals surface area contributed by atoms with Gasteiger partial charge in [0.15, 0.2) is 0 Å². The number of thiophene rings is 1. The molecule has 2 heterocycles. The molecule has 0 unspecified atom stereocenters. The molecule has 2 aromatic heterocycles. The third-order valence-electron chi connectivity index (χ3n) is 2.15. The topological polar surface area (TPSA) is 112 Å². The number of nitrogens with one attached hydrogen (secondary N) is 2. The minimum atomic E-state index is -5.15. The average Bonchev–Trinajstić information content (AvgIpc) is 2.71. The maximum absolute atomic E-state index is 12.1. The zero-order chi connectivity index (χ0) is 15.1. The molecule has 0 saturated carbocycles. The Hall–Kier alpha value is -2.43. The highest BCUT2D eigenvalue weighted by atomic mass is 32.1. The fourth-order valence-corrected chi connectivity index (χ4v) is 2.19. The molecule has 2 rings (SSSR count). The number of aromatic amines is 1. The molecule has 0 aromatic carbocycles. The summed E-state index contributed by atoms with van der Waals surface area (Å²) in [6.07, 6.45) is -5.15. The van der Waals surface area contributed by atoms with Crippen molar-refractivity contribution in [3.8, 4) is 0 Å². The van der Waals surface area contributed by atoms with Crippen molar-refractivity contribution in [3.05, 3.63) is 21.3 Å². The highest BCUT2D eigenvalue weighted by Crippen LogP contribution is 2.22. The summed E-state index contributed by atoms with van der Waals surface area (Å²) in [6, 6.07) is 0. The van der Waals surface area contributed by atoms with E-state index < -0.39 is 29.6 Å². The maximum atomic E-state index is 12.1. The van der Waals surface area contributed by atoms with Gasteiger partial charge in [-0.05, 0) is 0 Å². The Morgan fingerprint density at radius 3 is 2.60 bits per heavy atom. The maximum Gasteiger partial charge on any atom is 0.471 e. The molecule has 20 heavy (non-hydrogen) atoms. The molecule has 0 radical (unpaired) electrons. The first-order valence-electron chi connectivity index (χ1n) is 4.83. The van der Waals surface area contributed by atoms with Gasteiger partial charge in [0.2, 0.25) is 5.95 Å². The number of amides is 1. The van der Waals surface area contributed by atoms with Crippen molar-refractivity contribution < 1.29 is 27.9 Å². The van der Waals surface area contributed by atoms with Gasteiger partial charge in [-0.15, -0.1) is 11.3 Å². The molecule has 1 amide bonds. The van der Waals surface area contributed by atoms with Crippen LogP contribution in [-0.4, -0.2) is 33.1 Å². The molecule has 0 aliphatic carbocycles. The number of carboxylic acid groups (broad SMARTS) is 1. The summed E-state index contributed by atoms with van der Waals surface area (Å²) in [5, 5.41) is 11.3. The second-order valence-electron chi connectivity index (χ2n) is 3.50. The Labute approximate surface area is 111 Å². The van der Waals surface area contributed by atoms with Gasteiger partial charge in [-0.25, -0.2) is 9.78 Å². The van der Waals surface area contributed by atoms with E-state index in [1.165, 1.54) is 5.32 Å². The number of halogens is 3. The smallest absolute Gasteiger partial charge is 0.471 e. The van der Waals surface area contributed by atoms with Crippen LogP contribution in [0.1, 0.15) is 10.4 Å². The number of anilines is 1. The molecule has 0 fully saturated rings. The standard InChI is InChI=1S/C9H4F3N3O4S/c10-9(11,12)7(19)15-8-13-3-2(6(17)18)1-20-4(3)5(16)14-8/h1H,(H,17,18)(H2,13,14,15,16,19). The molecule has 0 aliphatic rings. The van der Waals surface area contributed by atoms with Gasteiger partial charge in [0.1, 0.15) is 10.2 Å². The molecule has 0 bridgehead atoms. The van der Waals surface area contributed by atoms with Gasteiger partial charge in [-0.2, -0.15) is 13.2 Å². The van der Waals surface area contributed by atoms with E-state index in [4.69, 9.17) is 5.11 Å². The van der Waals surface area contributed by atoms with E-state index in [1.54, 1.807) is 0 Å². The molecule has 2 aromatic rings. The monoisotopic (exact) mass is 307 g/mol. The fourth-order valence-electron chi connectivity index (χ4n) is 1.32. The van der Waals surface area contributed by atoms with Gasteiger partial charge < -0.3 is 5.11 Å². The van der Waals surface area contributed by atoms with Crippen LogP contribution in [-0.2, 0) is 4.79 Å². The Kier molecular flexibility index (Phi) is 3.21. The van der Waals surface area contributed by atoms with Crippen molar-refractivity contribution in [1.82, 2.24) is 9.97 Å². The van der Waals surface area contributed by atoms with Crippen molar-refractivity contribution >= 4 is 39.4 Å². The normalized spacial score (nSPS) is 11.6. The van der Waals surface area contributed by atoms with Crippen LogP contribution in [0.5, 0.6) is 0 Å². The molecule has 0 saturated heterocycles. The number of nitrogens with zero attached hydrogens (tertiary/aromatic N) is 1. The van der Waals surface area contributed by atoms with Crippen LogP contribution in [0.15, 0.2) is 10.2 Å². The van der Waals surface area contributed by atoms with Gasteiger partial charge in [-0.1, -0.05) is 0 Å². The van der Waals surface area contributed by atoms with Crippen LogP contribution < -0.4 is 10.9 Å². The van der Waals surface area contributed by atoms with E-state index in [0.717, 1.165) is 16.7 Å². The van der Waals surface area contributed by atoms with Gasteiger partial charge in [-0.3, -0.25) is 19.9 Å². The minimum Gasteiger partial charge on any atom is -0.478 e. The van der Waals surface area contributed by atoms with Gasteiger partial charge >= 0.3 is 18.1 Å². The van der Waals surface area contributed by atoms with E-state index in [-0.39, 0.29) is 15.8 Å². The Bertz CT molecular complexity index is 764. The summed E-state index contributed by atoms with van der Waals surface area (Å²) in [5.41, 5.74) is -1.47. The number of hydrogen-bond acceptors (Lipinski definition) is 5. The molecule has 3 N–H and O–H groups in total. The van der Waals surface area contributed by atoms with Crippen molar-refractivity contribution in [1.29, 1.82) is 0 Å². The van der Waals surface area contributed by atoms with Crippen molar-refractivity contribution in [2.75, 3.05) is 5.32 Å². The number of H-pyrrole nitrogens is 1. The van der Waals surface area contributed by atoms with E-state index in [9.17, 15) is 27.6 Å². The minimum absolute atomic E-state index is 0.0626. The predicted octanol–water partition coefficient (Wildman–Crippen LogP) is 1.18. The number of hydrogen-bond donors (Lipinski definition) is 3. The lowest BCUT2D eigenvalue weighted by molar-refractivity contribution is -0.167. The number of rotatable bonds is 2. The predicted molar refractivity (Wildman–Crippen MR) is 61.9 cm³/mol. The molecule has 11 heteroatoms. The van der Waals surface area contributed by atoms with Crippen LogP contribution in [0.25, 0.3) is 10.2 Å². The first-order chi connectivity index (χ1) is 9.20. The molecule has 0 aliphatic heterocycles. The van der Waals surface area contributed by atoms with E-state index >= 15 is 0 Å². The van der Waals surface area contributed by atoms with Crippen molar-refractivity contribution in [2.45, 2.75) is 6.18 Å². The van der Waals surface area contributed by atoms with E-state index in [1.807, 2.05) is 4.98 Å². The van der Waals surface area contributed by atoms with Crippen LogP contribution in [0.4, 0.5) is 19.1 Å². The fraction of sp³-hybridized carbons (Fsp3) is 0.111. The number of fused-ring (bicyclic) bond motifs is 1. The summed E-state index contributed by atoms with van der Waals surface area (Å²) in [6.45, 7) is 0. The number of alkyl halides is 3. The molecule has 7 nitrogen and oxygen atoms in total. The number of aromatic carboxylic acids is 1. The summed E-state index contributed by atoms with van der Waals surface area (Å²) in [7, 11) is 0. The lowest BCUT2D eigenvalue weighted by Crippen LogP contribution is -2.31. The summed E-state index contributed by atoms with van der Waals surface area (Å²) in [4.78, 5) is 38.6. The second kappa shape index (κ2) is 4.59. The zero-order valence-electron chi connectivity index (χ0n) is 9.24. The zero-order valence-corrected chi connectivity index (χ0v) is 10.1. The Balaban J connectivity index is 2.51. The number of carboxylic acids is 1. The first kappa shape index (κ1) is 14.0. The lowest BCUT2D eigenvalue weighted by atomic mass is 10.3. The first-order valence-corrected chi connectivity index (χ1v) is 5.71. The highest BCUT2D eigenvalue weighted by molar-refractivity contribution is 7.17. The summed E-state index contributed by atoms with van der Waals surface area (Å²) < 4.78 is 36.2. The van der Waals surface area contributed by atoms with E-state index in [0.29, 0.717) is 0 Å². The number of carbonyl (C=O) groups is 2. The quantitative estimate of drug-likeness (QED) is 0.771. The third kappa shape index (κ3) is 2.47. The van der Waals surface area contributed by atoms with Crippen LogP contribution in [0.3, 0.4) is 0 Å². The summed E-state index contributed by atoms with van der Waals surface area (Å²) in [5.74, 6) is -4.49.